The molecule has 1 aliphatic carbocycles. The highest BCUT2D eigenvalue weighted by Crippen LogP contribution is 2.30. The van der Waals surface area contributed by atoms with Crippen LogP contribution in [0.4, 0.5) is 10.1 Å². The molecule has 1 amide bonds. The standard InChI is InChI=1S/C21H24BrFN2O3S/c1-13-6-5-9-19(14(13)2)25-29(27,28)15-10-11-18(23)16(12-15)21(26)24-20-8-4-3-7-17(20)22/h3-4,7-8,10-14,19,25H,5-6,9H2,1-2H3,(H,24,26)/t13-,14-,19-/m1/s1. The Labute approximate surface area is 179 Å². The molecule has 5 nitrogen and oxygen atoms in total. The summed E-state index contributed by atoms with van der Waals surface area (Å²) in [7, 11) is -3.88. The van der Waals surface area contributed by atoms with Gasteiger partial charge in [-0.3, -0.25) is 4.79 Å². The van der Waals surface area contributed by atoms with E-state index in [1.807, 2.05) is 6.92 Å². The van der Waals surface area contributed by atoms with Crippen molar-refractivity contribution in [2.45, 2.75) is 44.0 Å². The minimum atomic E-state index is -3.88. The maximum absolute atomic E-state index is 14.3. The highest BCUT2D eigenvalue weighted by molar-refractivity contribution is 9.10. The number of rotatable bonds is 5. The van der Waals surface area contributed by atoms with Gasteiger partial charge in [0, 0.05) is 10.5 Å². The van der Waals surface area contributed by atoms with Crippen LogP contribution in [0.2, 0.25) is 0 Å². The van der Waals surface area contributed by atoms with Crippen molar-refractivity contribution >= 4 is 37.5 Å². The van der Waals surface area contributed by atoms with Gasteiger partial charge in [0.2, 0.25) is 10.0 Å². The van der Waals surface area contributed by atoms with Gasteiger partial charge in [0.25, 0.3) is 5.91 Å². The zero-order valence-electron chi connectivity index (χ0n) is 16.3. The summed E-state index contributed by atoms with van der Waals surface area (Å²) in [5.41, 5.74) is 0.141. The molecule has 0 bridgehead atoms. The predicted octanol–water partition coefficient (Wildman–Crippen LogP) is 4.94. The summed E-state index contributed by atoms with van der Waals surface area (Å²) < 4.78 is 43.4. The van der Waals surface area contributed by atoms with E-state index in [0.29, 0.717) is 16.1 Å². The second-order valence-electron chi connectivity index (χ2n) is 7.57. The maximum Gasteiger partial charge on any atom is 0.258 e. The molecule has 0 saturated heterocycles. The van der Waals surface area contributed by atoms with Crippen LogP contribution in [-0.4, -0.2) is 20.4 Å². The molecule has 8 heteroatoms. The van der Waals surface area contributed by atoms with E-state index in [1.165, 1.54) is 6.07 Å². The molecule has 3 rings (SSSR count). The van der Waals surface area contributed by atoms with Crippen LogP contribution >= 0.6 is 15.9 Å². The second-order valence-corrected chi connectivity index (χ2v) is 10.1. The van der Waals surface area contributed by atoms with Gasteiger partial charge in [0.15, 0.2) is 0 Å². The van der Waals surface area contributed by atoms with Crippen LogP contribution in [-0.2, 0) is 10.0 Å². The number of para-hydroxylation sites is 1. The molecule has 1 aliphatic rings. The summed E-state index contributed by atoms with van der Waals surface area (Å²) in [5.74, 6) is -0.869. The number of nitrogens with one attached hydrogen (secondary N) is 2. The molecule has 0 spiro atoms. The Hall–Kier alpha value is -1.77. The van der Waals surface area contributed by atoms with E-state index >= 15 is 0 Å². The topological polar surface area (TPSA) is 75.3 Å². The number of carbonyl (C=O) groups is 1. The van der Waals surface area contributed by atoms with Crippen molar-refractivity contribution in [3.05, 3.63) is 58.3 Å². The van der Waals surface area contributed by atoms with Gasteiger partial charge >= 0.3 is 0 Å². The molecular weight excluding hydrogens is 459 g/mol. The zero-order chi connectivity index (χ0) is 21.2. The lowest BCUT2D eigenvalue weighted by molar-refractivity contribution is 0.102. The van der Waals surface area contributed by atoms with Gasteiger partial charge in [0.05, 0.1) is 16.1 Å². The van der Waals surface area contributed by atoms with Gasteiger partial charge in [0.1, 0.15) is 5.82 Å². The van der Waals surface area contributed by atoms with Crippen LogP contribution in [0.5, 0.6) is 0 Å². The van der Waals surface area contributed by atoms with Crippen molar-refractivity contribution in [2.75, 3.05) is 5.32 Å². The van der Waals surface area contributed by atoms with Crippen molar-refractivity contribution in [2.24, 2.45) is 11.8 Å². The molecule has 0 aliphatic heterocycles. The smallest absolute Gasteiger partial charge is 0.258 e. The monoisotopic (exact) mass is 482 g/mol. The van der Waals surface area contributed by atoms with Gasteiger partial charge in [-0.25, -0.2) is 17.5 Å². The maximum atomic E-state index is 14.3. The first-order chi connectivity index (χ1) is 13.7. The third kappa shape index (κ3) is 5.05. The Bertz CT molecular complexity index is 1010. The number of carbonyl (C=O) groups excluding carboxylic acids is 1. The summed E-state index contributed by atoms with van der Waals surface area (Å²) in [6.45, 7) is 4.16. The van der Waals surface area contributed by atoms with E-state index in [1.54, 1.807) is 24.3 Å². The minimum Gasteiger partial charge on any atom is -0.321 e. The number of hydrogen-bond donors (Lipinski definition) is 2. The van der Waals surface area contributed by atoms with Crippen LogP contribution in [0, 0.1) is 17.7 Å². The predicted molar refractivity (Wildman–Crippen MR) is 115 cm³/mol. The normalized spacial score (nSPS) is 22.3. The molecule has 3 atom stereocenters. The minimum absolute atomic E-state index is 0.124. The second kappa shape index (κ2) is 8.93. The number of hydrogen-bond acceptors (Lipinski definition) is 3. The fraction of sp³-hybridized carbons (Fsp3) is 0.381. The van der Waals surface area contributed by atoms with Crippen LogP contribution in [0.15, 0.2) is 51.8 Å². The van der Waals surface area contributed by atoms with Crippen molar-refractivity contribution in [3.63, 3.8) is 0 Å². The Morgan fingerprint density at radius 1 is 1.14 bits per heavy atom. The Morgan fingerprint density at radius 3 is 2.59 bits per heavy atom. The quantitative estimate of drug-likeness (QED) is 0.633. The molecule has 0 heterocycles. The summed E-state index contributed by atoms with van der Waals surface area (Å²) in [6, 6.07) is 10.0. The number of benzene rings is 2. The molecule has 156 valence electrons. The first-order valence-corrected chi connectivity index (χ1v) is 11.8. The highest BCUT2D eigenvalue weighted by Gasteiger charge is 2.31. The van der Waals surface area contributed by atoms with Crippen molar-refractivity contribution in [3.8, 4) is 0 Å². The van der Waals surface area contributed by atoms with Crippen molar-refractivity contribution < 1.29 is 17.6 Å². The van der Waals surface area contributed by atoms with Gasteiger partial charge in [-0.2, -0.15) is 0 Å². The Morgan fingerprint density at radius 2 is 1.86 bits per heavy atom. The van der Waals surface area contributed by atoms with Crippen molar-refractivity contribution in [1.82, 2.24) is 4.72 Å². The lowest BCUT2D eigenvalue weighted by Crippen LogP contribution is -2.43. The number of amides is 1. The Balaban J connectivity index is 1.84. The lowest BCUT2D eigenvalue weighted by atomic mass is 9.78. The number of anilines is 1. The number of halogens is 2. The van der Waals surface area contributed by atoms with E-state index in [9.17, 15) is 17.6 Å². The molecule has 29 heavy (non-hydrogen) atoms. The lowest BCUT2D eigenvalue weighted by Gasteiger charge is -2.34. The largest absolute Gasteiger partial charge is 0.321 e. The molecule has 2 N–H and O–H groups in total. The van der Waals surface area contributed by atoms with Gasteiger partial charge in [-0.1, -0.05) is 38.8 Å². The molecule has 2 aromatic rings. The molecular formula is C21H24BrFN2O3S. The molecule has 1 saturated carbocycles. The first kappa shape index (κ1) is 21.9. The van der Waals surface area contributed by atoms with E-state index in [4.69, 9.17) is 0 Å². The van der Waals surface area contributed by atoms with E-state index in [2.05, 4.69) is 32.9 Å². The third-order valence-electron chi connectivity index (χ3n) is 5.63. The summed E-state index contributed by atoms with van der Waals surface area (Å²) in [5, 5.41) is 2.60. The average Bonchev–Trinajstić information content (AvgIpc) is 2.67. The van der Waals surface area contributed by atoms with Crippen LogP contribution in [0.3, 0.4) is 0 Å². The third-order valence-corrected chi connectivity index (χ3v) is 7.81. The van der Waals surface area contributed by atoms with Crippen LogP contribution in [0.1, 0.15) is 43.5 Å². The van der Waals surface area contributed by atoms with Gasteiger partial charge < -0.3 is 5.32 Å². The van der Waals surface area contributed by atoms with E-state index in [-0.39, 0.29) is 22.4 Å². The Kier molecular flexibility index (Phi) is 6.76. The summed E-state index contributed by atoms with van der Waals surface area (Å²) in [4.78, 5) is 12.4. The average molecular weight is 483 g/mol. The van der Waals surface area contributed by atoms with E-state index < -0.39 is 21.7 Å². The van der Waals surface area contributed by atoms with Gasteiger partial charge in [-0.05, 0) is 64.5 Å². The molecule has 0 aromatic heterocycles. The summed E-state index contributed by atoms with van der Waals surface area (Å²) >= 11 is 3.31. The first-order valence-electron chi connectivity index (χ1n) is 9.57. The molecule has 1 fully saturated rings. The van der Waals surface area contributed by atoms with Crippen LogP contribution < -0.4 is 10.0 Å². The van der Waals surface area contributed by atoms with Crippen LogP contribution in [0.25, 0.3) is 0 Å². The fourth-order valence-corrected chi connectivity index (χ4v) is 5.38. The SMILES string of the molecule is C[C@@H]1[C@H](C)CCC[C@H]1NS(=O)(=O)c1ccc(F)c(C(=O)Nc2ccccc2Br)c1. The van der Waals surface area contributed by atoms with E-state index in [0.717, 1.165) is 31.4 Å². The zero-order valence-corrected chi connectivity index (χ0v) is 18.7. The summed E-state index contributed by atoms with van der Waals surface area (Å²) in [6.07, 6.45) is 2.80. The molecule has 2 aromatic carbocycles. The fourth-order valence-electron chi connectivity index (χ4n) is 3.61. The highest BCUT2D eigenvalue weighted by atomic mass is 79.9. The van der Waals surface area contributed by atoms with Crippen molar-refractivity contribution in [1.29, 1.82) is 0 Å². The number of sulfonamides is 1. The molecule has 0 unspecified atom stereocenters. The molecule has 0 radical (unpaired) electrons. The van der Waals surface area contributed by atoms with Gasteiger partial charge in [-0.15, -0.1) is 0 Å².